The average Bonchev–Trinajstić information content (AvgIpc) is 2.71. The first kappa shape index (κ1) is 11.4. The Bertz CT molecular complexity index is 747. The maximum atomic E-state index is 10.1. The van der Waals surface area contributed by atoms with Crippen LogP contribution in [-0.4, -0.2) is 14.7 Å². The maximum absolute atomic E-state index is 10.1. The Morgan fingerprint density at radius 3 is 2.63 bits per heavy atom. The molecule has 0 unspecified atom stereocenters. The van der Waals surface area contributed by atoms with Crippen LogP contribution in [0.1, 0.15) is 0 Å². The van der Waals surface area contributed by atoms with E-state index in [1.807, 2.05) is 36.4 Å². The molecule has 2 heterocycles. The zero-order valence-electron chi connectivity index (χ0n) is 10.4. The van der Waals surface area contributed by atoms with Crippen LogP contribution in [0.4, 0.5) is 11.5 Å². The summed E-state index contributed by atoms with van der Waals surface area (Å²) in [5, 5.41) is 19.1. The number of azo groups is 1. The van der Waals surface area contributed by atoms with Crippen molar-refractivity contribution in [2.24, 2.45) is 17.3 Å². The molecule has 0 amide bonds. The van der Waals surface area contributed by atoms with E-state index in [2.05, 4.69) is 15.2 Å². The average molecular weight is 252 g/mol. The molecule has 2 aromatic heterocycles. The fourth-order valence-electron chi connectivity index (χ4n) is 1.97. The third kappa shape index (κ3) is 1.95. The lowest BCUT2D eigenvalue weighted by molar-refractivity contribution is 0.436. The minimum absolute atomic E-state index is 0.0980. The van der Waals surface area contributed by atoms with E-state index in [1.54, 1.807) is 23.9 Å². The van der Waals surface area contributed by atoms with Crippen LogP contribution in [0.2, 0.25) is 0 Å². The van der Waals surface area contributed by atoms with Crippen LogP contribution < -0.4 is 0 Å². The van der Waals surface area contributed by atoms with E-state index in [1.165, 1.54) is 0 Å². The molecule has 0 aliphatic carbocycles. The van der Waals surface area contributed by atoms with Gasteiger partial charge in [0.25, 0.3) is 0 Å². The van der Waals surface area contributed by atoms with Crippen molar-refractivity contribution in [3.8, 4) is 5.88 Å². The van der Waals surface area contributed by atoms with E-state index < -0.39 is 0 Å². The predicted octanol–water partition coefficient (Wildman–Crippen LogP) is 3.69. The van der Waals surface area contributed by atoms with Gasteiger partial charge in [0.1, 0.15) is 0 Å². The first-order valence-electron chi connectivity index (χ1n) is 5.86. The van der Waals surface area contributed by atoms with E-state index >= 15 is 0 Å². The first-order chi connectivity index (χ1) is 9.27. The van der Waals surface area contributed by atoms with Gasteiger partial charge in [-0.15, -0.1) is 10.2 Å². The highest BCUT2D eigenvalue weighted by molar-refractivity contribution is 5.94. The van der Waals surface area contributed by atoms with Crippen molar-refractivity contribution in [1.82, 2.24) is 9.55 Å². The van der Waals surface area contributed by atoms with Gasteiger partial charge in [0.15, 0.2) is 11.5 Å². The van der Waals surface area contributed by atoms with Crippen LogP contribution in [0.15, 0.2) is 58.9 Å². The number of para-hydroxylation sites is 1. The van der Waals surface area contributed by atoms with Crippen molar-refractivity contribution < 1.29 is 5.11 Å². The first-order valence-corrected chi connectivity index (χ1v) is 5.86. The van der Waals surface area contributed by atoms with Crippen LogP contribution in [0, 0.1) is 0 Å². The summed E-state index contributed by atoms with van der Waals surface area (Å²) in [4.78, 5) is 4.06. The Morgan fingerprint density at radius 2 is 1.84 bits per heavy atom. The number of rotatable bonds is 2. The van der Waals surface area contributed by atoms with Crippen molar-refractivity contribution in [3.63, 3.8) is 0 Å². The molecule has 0 spiro atoms. The monoisotopic (exact) mass is 252 g/mol. The van der Waals surface area contributed by atoms with Gasteiger partial charge >= 0.3 is 0 Å². The highest BCUT2D eigenvalue weighted by Gasteiger charge is 2.13. The van der Waals surface area contributed by atoms with Gasteiger partial charge in [-0.05, 0) is 18.2 Å². The number of fused-ring (bicyclic) bond motifs is 1. The van der Waals surface area contributed by atoms with Crippen LogP contribution in [0.3, 0.4) is 0 Å². The zero-order chi connectivity index (χ0) is 13.2. The Labute approximate surface area is 109 Å². The van der Waals surface area contributed by atoms with E-state index in [9.17, 15) is 5.11 Å². The minimum atomic E-state index is 0.0980. The lowest BCUT2D eigenvalue weighted by atomic mass is 10.2. The summed E-state index contributed by atoms with van der Waals surface area (Å²) in [5.74, 6) is 0.607. The van der Waals surface area contributed by atoms with Gasteiger partial charge in [-0.3, -0.25) is 0 Å². The molecule has 0 atom stereocenters. The molecule has 1 aromatic carbocycles. The molecule has 94 valence electrons. The molecule has 3 rings (SSSR count). The van der Waals surface area contributed by atoms with Gasteiger partial charge < -0.3 is 9.67 Å². The van der Waals surface area contributed by atoms with Gasteiger partial charge in [0.2, 0.25) is 5.88 Å². The van der Waals surface area contributed by atoms with Crippen molar-refractivity contribution >= 4 is 22.4 Å². The lowest BCUT2D eigenvalue weighted by Gasteiger charge is -1.95. The molecule has 19 heavy (non-hydrogen) atoms. The number of pyridine rings is 1. The predicted molar refractivity (Wildman–Crippen MR) is 73.0 cm³/mol. The van der Waals surface area contributed by atoms with Crippen molar-refractivity contribution in [3.05, 3.63) is 48.7 Å². The Kier molecular flexibility index (Phi) is 2.72. The summed E-state index contributed by atoms with van der Waals surface area (Å²) in [6.07, 6.45) is 1.65. The summed E-state index contributed by atoms with van der Waals surface area (Å²) in [5.41, 5.74) is 1.37. The highest BCUT2D eigenvalue weighted by Crippen LogP contribution is 2.38. The second kappa shape index (κ2) is 4.53. The second-order valence-corrected chi connectivity index (χ2v) is 4.14. The van der Waals surface area contributed by atoms with Crippen molar-refractivity contribution in [1.29, 1.82) is 0 Å². The molecule has 0 saturated heterocycles. The largest absolute Gasteiger partial charge is 0.493 e. The molecule has 0 aliphatic rings. The summed E-state index contributed by atoms with van der Waals surface area (Å²) >= 11 is 0. The van der Waals surface area contributed by atoms with E-state index in [-0.39, 0.29) is 5.88 Å². The maximum Gasteiger partial charge on any atom is 0.220 e. The van der Waals surface area contributed by atoms with Crippen LogP contribution >= 0.6 is 0 Å². The van der Waals surface area contributed by atoms with Crippen molar-refractivity contribution in [2.45, 2.75) is 0 Å². The Balaban J connectivity index is 2.11. The van der Waals surface area contributed by atoms with Gasteiger partial charge in [0, 0.05) is 18.6 Å². The smallest absolute Gasteiger partial charge is 0.220 e. The number of aryl methyl sites for hydroxylation is 1. The standard InChI is InChI=1S/C14H12N4O/c1-18-11-7-3-2-6-10(11)13(14(18)19)17-16-12-8-4-5-9-15-12/h2-9,19H,1H3. The fourth-order valence-corrected chi connectivity index (χ4v) is 1.97. The number of benzene rings is 1. The highest BCUT2D eigenvalue weighted by atomic mass is 16.3. The number of nitrogens with zero attached hydrogens (tertiary/aromatic N) is 4. The molecule has 0 radical (unpaired) electrons. The molecular weight excluding hydrogens is 240 g/mol. The Morgan fingerprint density at radius 1 is 1.05 bits per heavy atom. The van der Waals surface area contributed by atoms with Crippen LogP contribution in [0.25, 0.3) is 10.9 Å². The molecule has 0 bridgehead atoms. The molecule has 1 N–H and O–H groups in total. The number of hydrogen-bond donors (Lipinski definition) is 1. The second-order valence-electron chi connectivity index (χ2n) is 4.14. The number of hydrogen-bond acceptors (Lipinski definition) is 4. The molecule has 3 aromatic rings. The van der Waals surface area contributed by atoms with Gasteiger partial charge in [-0.25, -0.2) is 4.98 Å². The van der Waals surface area contributed by atoms with E-state index in [0.29, 0.717) is 11.5 Å². The van der Waals surface area contributed by atoms with Gasteiger partial charge in [-0.2, -0.15) is 0 Å². The molecule has 0 saturated carbocycles. The zero-order valence-corrected chi connectivity index (χ0v) is 10.4. The van der Waals surface area contributed by atoms with Crippen molar-refractivity contribution in [2.75, 3.05) is 0 Å². The normalized spacial score (nSPS) is 11.4. The lowest BCUT2D eigenvalue weighted by Crippen LogP contribution is -1.84. The summed E-state index contributed by atoms with van der Waals surface area (Å²) in [6, 6.07) is 13.1. The van der Waals surface area contributed by atoms with E-state index in [0.717, 1.165) is 10.9 Å². The number of aromatic nitrogens is 2. The van der Waals surface area contributed by atoms with Gasteiger partial charge in [-0.1, -0.05) is 24.3 Å². The SMILES string of the molecule is Cn1c(O)c(N=Nc2ccccn2)c2ccccc21. The minimum Gasteiger partial charge on any atom is -0.493 e. The topological polar surface area (TPSA) is 62.8 Å². The third-order valence-corrected chi connectivity index (χ3v) is 2.95. The van der Waals surface area contributed by atoms with E-state index in [4.69, 9.17) is 0 Å². The van der Waals surface area contributed by atoms with Gasteiger partial charge in [0.05, 0.1) is 5.52 Å². The molecule has 0 aliphatic heterocycles. The van der Waals surface area contributed by atoms with Crippen LogP contribution in [0.5, 0.6) is 5.88 Å². The molecule has 0 fully saturated rings. The number of aromatic hydroxyl groups is 1. The molecular formula is C14H12N4O. The summed E-state index contributed by atoms with van der Waals surface area (Å²) in [7, 11) is 1.79. The quantitative estimate of drug-likeness (QED) is 0.707. The molecule has 5 heteroatoms. The third-order valence-electron chi connectivity index (χ3n) is 2.95. The summed E-state index contributed by atoms with van der Waals surface area (Å²) < 4.78 is 1.68. The summed E-state index contributed by atoms with van der Waals surface area (Å²) in [6.45, 7) is 0. The van der Waals surface area contributed by atoms with Crippen LogP contribution in [-0.2, 0) is 7.05 Å². The molecule has 5 nitrogen and oxygen atoms in total. The Hall–Kier alpha value is -2.69. The fraction of sp³-hybridized carbons (Fsp3) is 0.0714.